The number of aryl methyl sites for hydroxylation is 1. The third kappa shape index (κ3) is 3.79. The number of nitrogens with zero attached hydrogens (tertiary/aromatic N) is 1. The number of carbonyl (C=O) groups excluding carboxylic acids is 1. The summed E-state index contributed by atoms with van der Waals surface area (Å²) in [6.07, 6.45) is 0.247. The molecule has 0 atom stereocenters. The van der Waals surface area contributed by atoms with Gasteiger partial charge in [-0.05, 0) is 52.7 Å². The Bertz CT molecular complexity index is 597. The first kappa shape index (κ1) is 13.5. The van der Waals surface area contributed by atoms with Crippen LogP contribution < -0.4 is 5.32 Å². The Balaban J connectivity index is 2.01. The average Bonchev–Trinajstić information content (AvgIpc) is 2.37. The maximum atomic E-state index is 11.8. The van der Waals surface area contributed by atoms with E-state index in [0.717, 1.165) is 15.7 Å². The van der Waals surface area contributed by atoms with E-state index in [-0.39, 0.29) is 18.1 Å². The van der Waals surface area contributed by atoms with Crippen LogP contribution in [0.25, 0.3) is 0 Å². The van der Waals surface area contributed by atoms with E-state index in [1.807, 2.05) is 13.0 Å². The van der Waals surface area contributed by atoms with Crippen molar-refractivity contribution in [2.75, 3.05) is 5.32 Å². The van der Waals surface area contributed by atoms with E-state index in [1.54, 1.807) is 30.3 Å². The number of halogens is 1. The van der Waals surface area contributed by atoms with E-state index in [2.05, 4.69) is 26.2 Å². The zero-order valence-corrected chi connectivity index (χ0v) is 11.9. The van der Waals surface area contributed by atoms with Gasteiger partial charge in [0.05, 0.1) is 12.1 Å². The molecule has 0 spiro atoms. The van der Waals surface area contributed by atoms with Gasteiger partial charge in [0.15, 0.2) is 0 Å². The number of amides is 1. The van der Waals surface area contributed by atoms with Crippen molar-refractivity contribution in [2.45, 2.75) is 13.3 Å². The van der Waals surface area contributed by atoms with Gasteiger partial charge in [0, 0.05) is 4.47 Å². The number of benzene rings is 1. The van der Waals surface area contributed by atoms with Crippen LogP contribution >= 0.6 is 15.9 Å². The predicted molar refractivity (Wildman–Crippen MR) is 77.1 cm³/mol. The minimum absolute atomic E-state index is 0.139. The summed E-state index contributed by atoms with van der Waals surface area (Å²) < 4.78 is 0.907. The molecule has 4 nitrogen and oxygen atoms in total. The molecule has 1 aromatic carbocycles. The van der Waals surface area contributed by atoms with E-state index in [1.165, 1.54) is 0 Å². The number of aromatic hydroxyl groups is 1. The number of hydrogen-bond donors (Lipinski definition) is 2. The van der Waals surface area contributed by atoms with Gasteiger partial charge in [0.25, 0.3) is 0 Å². The Labute approximate surface area is 119 Å². The normalized spacial score (nSPS) is 10.2. The number of rotatable bonds is 3. The highest BCUT2D eigenvalue weighted by Crippen LogP contribution is 2.16. The zero-order chi connectivity index (χ0) is 13.8. The maximum Gasteiger partial charge on any atom is 0.229 e. The van der Waals surface area contributed by atoms with Crippen LogP contribution in [-0.4, -0.2) is 16.0 Å². The van der Waals surface area contributed by atoms with E-state index in [0.29, 0.717) is 5.82 Å². The molecule has 0 aliphatic carbocycles. The lowest BCUT2D eigenvalue weighted by molar-refractivity contribution is -0.115. The average molecular weight is 321 g/mol. The molecule has 0 fully saturated rings. The third-order valence-corrected chi connectivity index (χ3v) is 3.43. The quantitative estimate of drug-likeness (QED) is 0.913. The molecule has 1 heterocycles. The van der Waals surface area contributed by atoms with E-state index >= 15 is 0 Å². The number of anilines is 1. The molecular formula is C14H13BrN2O2. The summed E-state index contributed by atoms with van der Waals surface area (Å²) in [7, 11) is 0. The Kier molecular flexibility index (Phi) is 4.16. The van der Waals surface area contributed by atoms with Crippen LogP contribution in [-0.2, 0) is 11.2 Å². The lowest BCUT2D eigenvalue weighted by Gasteiger charge is -2.06. The Morgan fingerprint density at radius 1 is 1.26 bits per heavy atom. The van der Waals surface area contributed by atoms with Crippen LogP contribution in [0.4, 0.5) is 5.82 Å². The first-order chi connectivity index (χ1) is 9.04. The van der Waals surface area contributed by atoms with Crippen molar-refractivity contribution in [3.63, 3.8) is 0 Å². The molecule has 1 amide bonds. The van der Waals surface area contributed by atoms with Gasteiger partial charge < -0.3 is 10.4 Å². The summed E-state index contributed by atoms with van der Waals surface area (Å²) in [6, 6.07) is 10.1. The Hall–Kier alpha value is -1.88. The van der Waals surface area contributed by atoms with Crippen LogP contribution in [0.2, 0.25) is 0 Å². The van der Waals surface area contributed by atoms with Gasteiger partial charge >= 0.3 is 0 Å². The van der Waals surface area contributed by atoms with Gasteiger partial charge in [0.1, 0.15) is 11.6 Å². The molecule has 98 valence electrons. The van der Waals surface area contributed by atoms with Crippen LogP contribution in [0.1, 0.15) is 11.3 Å². The highest BCUT2D eigenvalue weighted by Gasteiger charge is 2.06. The van der Waals surface area contributed by atoms with Crippen molar-refractivity contribution >= 4 is 27.7 Å². The van der Waals surface area contributed by atoms with E-state index < -0.39 is 0 Å². The van der Waals surface area contributed by atoms with Gasteiger partial charge in [-0.2, -0.15) is 0 Å². The fourth-order valence-corrected chi connectivity index (χ4v) is 1.82. The molecule has 2 rings (SSSR count). The molecule has 5 heteroatoms. The van der Waals surface area contributed by atoms with Crippen molar-refractivity contribution < 1.29 is 9.90 Å². The SMILES string of the molecule is Cc1nc(NC(=O)Cc2ccc(O)cc2)ccc1Br. The van der Waals surface area contributed by atoms with Crippen molar-refractivity contribution in [3.8, 4) is 5.75 Å². The first-order valence-electron chi connectivity index (χ1n) is 5.75. The summed E-state index contributed by atoms with van der Waals surface area (Å²) in [6.45, 7) is 1.86. The van der Waals surface area contributed by atoms with Gasteiger partial charge in [0.2, 0.25) is 5.91 Å². The van der Waals surface area contributed by atoms with Gasteiger partial charge in [-0.3, -0.25) is 4.79 Å². The predicted octanol–water partition coefficient (Wildman–Crippen LogP) is 3.04. The topological polar surface area (TPSA) is 62.2 Å². The third-order valence-electron chi connectivity index (χ3n) is 2.59. The molecule has 0 saturated heterocycles. The smallest absolute Gasteiger partial charge is 0.229 e. The number of nitrogens with one attached hydrogen (secondary N) is 1. The maximum absolute atomic E-state index is 11.8. The number of carbonyl (C=O) groups is 1. The lowest BCUT2D eigenvalue weighted by Crippen LogP contribution is -2.15. The van der Waals surface area contributed by atoms with Crippen LogP contribution in [0.15, 0.2) is 40.9 Å². The highest BCUT2D eigenvalue weighted by atomic mass is 79.9. The van der Waals surface area contributed by atoms with Gasteiger partial charge in [-0.15, -0.1) is 0 Å². The van der Waals surface area contributed by atoms with Crippen molar-refractivity contribution in [1.29, 1.82) is 0 Å². The number of hydrogen-bond acceptors (Lipinski definition) is 3. The fraction of sp³-hybridized carbons (Fsp3) is 0.143. The summed E-state index contributed by atoms with van der Waals surface area (Å²) in [4.78, 5) is 16.1. The summed E-state index contributed by atoms with van der Waals surface area (Å²) in [5.74, 6) is 0.582. The van der Waals surface area contributed by atoms with E-state index in [9.17, 15) is 4.79 Å². The minimum atomic E-state index is -0.139. The van der Waals surface area contributed by atoms with Crippen LogP contribution in [0.5, 0.6) is 5.75 Å². The monoisotopic (exact) mass is 320 g/mol. The van der Waals surface area contributed by atoms with Crippen molar-refractivity contribution in [1.82, 2.24) is 4.98 Å². The zero-order valence-electron chi connectivity index (χ0n) is 10.4. The molecule has 0 aliphatic rings. The molecule has 2 aromatic rings. The van der Waals surface area contributed by atoms with Crippen LogP contribution in [0, 0.1) is 6.92 Å². The largest absolute Gasteiger partial charge is 0.508 e. The molecule has 0 bridgehead atoms. The van der Waals surface area contributed by atoms with Crippen molar-refractivity contribution in [3.05, 3.63) is 52.1 Å². The van der Waals surface area contributed by atoms with Crippen molar-refractivity contribution in [2.24, 2.45) is 0 Å². The second-order valence-electron chi connectivity index (χ2n) is 4.16. The van der Waals surface area contributed by atoms with Gasteiger partial charge in [-0.25, -0.2) is 4.98 Å². The number of phenols is 1. The molecule has 0 unspecified atom stereocenters. The Morgan fingerprint density at radius 3 is 2.58 bits per heavy atom. The highest BCUT2D eigenvalue weighted by molar-refractivity contribution is 9.10. The molecule has 0 radical (unpaired) electrons. The molecule has 19 heavy (non-hydrogen) atoms. The summed E-state index contributed by atoms with van der Waals surface area (Å²) in [5.41, 5.74) is 1.66. The van der Waals surface area contributed by atoms with Crippen LogP contribution in [0.3, 0.4) is 0 Å². The Morgan fingerprint density at radius 2 is 1.95 bits per heavy atom. The molecule has 1 aromatic heterocycles. The number of phenolic OH excluding ortho intramolecular Hbond substituents is 1. The molecular weight excluding hydrogens is 308 g/mol. The second kappa shape index (κ2) is 5.84. The van der Waals surface area contributed by atoms with E-state index in [4.69, 9.17) is 5.11 Å². The fourth-order valence-electron chi connectivity index (χ4n) is 1.60. The second-order valence-corrected chi connectivity index (χ2v) is 5.01. The van der Waals surface area contributed by atoms with Gasteiger partial charge in [-0.1, -0.05) is 12.1 Å². The molecule has 0 saturated carbocycles. The number of pyridine rings is 1. The first-order valence-corrected chi connectivity index (χ1v) is 6.55. The summed E-state index contributed by atoms with van der Waals surface area (Å²) in [5, 5.41) is 11.9. The molecule has 0 aliphatic heterocycles. The standard InChI is InChI=1S/C14H13BrN2O2/c1-9-12(15)6-7-13(16-9)17-14(19)8-10-2-4-11(18)5-3-10/h2-7,18H,8H2,1H3,(H,16,17,19). The summed E-state index contributed by atoms with van der Waals surface area (Å²) >= 11 is 3.36. The number of aromatic nitrogens is 1. The minimum Gasteiger partial charge on any atom is -0.508 e. The lowest BCUT2D eigenvalue weighted by atomic mass is 10.1. The molecule has 2 N–H and O–H groups in total.